The summed E-state index contributed by atoms with van der Waals surface area (Å²) in [6.07, 6.45) is 1.52. The Morgan fingerprint density at radius 3 is 2.23 bits per heavy atom. The molecule has 0 aromatic heterocycles. The highest BCUT2D eigenvalue weighted by Gasteiger charge is 2.27. The van der Waals surface area contributed by atoms with Crippen LogP contribution in [0, 0.1) is 13.8 Å². The highest BCUT2D eigenvalue weighted by atomic mass is 35.5. The van der Waals surface area contributed by atoms with E-state index in [0.717, 1.165) is 17.4 Å². The molecule has 1 N–H and O–H groups in total. The number of carbonyl (C=O) groups is 2. The summed E-state index contributed by atoms with van der Waals surface area (Å²) in [4.78, 5) is 27.6. The molecule has 192 valence electrons. The lowest BCUT2D eigenvalue weighted by Gasteiger charge is -2.30. The van der Waals surface area contributed by atoms with E-state index in [4.69, 9.17) is 11.6 Å². The molecule has 0 radical (unpaired) electrons. The third-order valence-electron chi connectivity index (χ3n) is 5.73. The lowest BCUT2D eigenvalue weighted by atomic mass is 10.1. The van der Waals surface area contributed by atoms with Crippen molar-refractivity contribution < 1.29 is 18.0 Å². The lowest BCUT2D eigenvalue weighted by molar-refractivity contribution is -0.140. The van der Waals surface area contributed by atoms with E-state index in [0.29, 0.717) is 22.7 Å². The molecule has 1 atom stereocenters. The van der Waals surface area contributed by atoms with Crippen LogP contribution in [0.1, 0.15) is 50.3 Å². The van der Waals surface area contributed by atoms with E-state index < -0.39 is 16.1 Å². The van der Waals surface area contributed by atoms with Crippen molar-refractivity contribution in [2.45, 2.75) is 66.1 Å². The zero-order valence-electron chi connectivity index (χ0n) is 21.3. The Bertz CT molecular complexity index is 1130. The van der Waals surface area contributed by atoms with Gasteiger partial charge in [0.25, 0.3) is 0 Å². The average Bonchev–Trinajstić information content (AvgIpc) is 2.76. The van der Waals surface area contributed by atoms with E-state index in [9.17, 15) is 18.0 Å². The first-order chi connectivity index (χ1) is 16.3. The minimum absolute atomic E-state index is 0.0504. The Kier molecular flexibility index (Phi) is 10.2. The van der Waals surface area contributed by atoms with Crippen LogP contribution in [0.25, 0.3) is 0 Å². The fourth-order valence-electron chi connectivity index (χ4n) is 3.73. The molecule has 2 amide bonds. The molecular weight excluding hydrogens is 486 g/mol. The molecule has 0 bridgehead atoms. The van der Waals surface area contributed by atoms with Gasteiger partial charge in [0.05, 0.1) is 11.9 Å². The Labute approximate surface area is 214 Å². The van der Waals surface area contributed by atoms with Crippen LogP contribution in [-0.2, 0) is 26.2 Å². The third-order valence-corrected chi connectivity index (χ3v) is 7.32. The minimum atomic E-state index is -3.59. The van der Waals surface area contributed by atoms with Gasteiger partial charge in [-0.05, 0) is 64.3 Å². The van der Waals surface area contributed by atoms with Crippen LogP contribution in [0.5, 0.6) is 0 Å². The molecule has 0 aliphatic rings. The smallest absolute Gasteiger partial charge is 0.242 e. The van der Waals surface area contributed by atoms with Gasteiger partial charge in [-0.15, -0.1) is 0 Å². The molecule has 0 aliphatic carbocycles. The number of sulfonamides is 1. The predicted octanol–water partition coefficient (Wildman–Crippen LogP) is 4.44. The summed E-state index contributed by atoms with van der Waals surface area (Å²) in [5.74, 6) is -0.443. The Morgan fingerprint density at radius 2 is 1.66 bits per heavy atom. The Hall–Kier alpha value is -2.58. The van der Waals surface area contributed by atoms with Crippen LogP contribution in [0.15, 0.2) is 42.5 Å². The van der Waals surface area contributed by atoms with Gasteiger partial charge in [0.2, 0.25) is 21.8 Å². The van der Waals surface area contributed by atoms with E-state index >= 15 is 0 Å². The molecule has 2 aromatic carbocycles. The summed E-state index contributed by atoms with van der Waals surface area (Å²) < 4.78 is 26.3. The zero-order chi connectivity index (χ0) is 26.3. The van der Waals surface area contributed by atoms with E-state index in [1.54, 1.807) is 36.9 Å². The fraction of sp³-hybridized carbons (Fsp3) is 0.462. The summed E-state index contributed by atoms with van der Waals surface area (Å²) in [5.41, 5.74) is 3.18. The van der Waals surface area contributed by atoms with Crippen LogP contribution < -0.4 is 9.62 Å². The Balaban J connectivity index is 2.20. The molecule has 35 heavy (non-hydrogen) atoms. The molecular formula is C26H36ClN3O4S. The van der Waals surface area contributed by atoms with Gasteiger partial charge >= 0.3 is 0 Å². The predicted molar refractivity (Wildman–Crippen MR) is 142 cm³/mol. The van der Waals surface area contributed by atoms with Crippen LogP contribution in [0.3, 0.4) is 0 Å². The van der Waals surface area contributed by atoms with Crippen LogP contribution in [0.4, 0.5) is 5.69 Å². The van der Waals surface area contributed by atoms with Crippen molar-refractivity contribution in [1.82, 2.24) is 10.2 Å². The molecule has 9 heteroatoms. The number of aryl methyl sites for hydroxylation is 1. The molecule has 2 rings (SSSR count). The topological polar surface area (TPSA) is 86.8 Å². The second-order valence-electron chi connectivity index (χ2n) is 9.17. The van der Waals surface area contributed by atoms with E-state index in [-0.39, 0.29) is 37.4 Å². The first-order valence-electron chi connectivity index (χ1n) is 11.7. The average molecular weight is 522 g/mol. The van der Waals surface area contributed by atoms with Gasteiger partial charge in [-0.2, -0.15) is 0 Å². The summed E-state index contributed by atoms with van der Waals surface area (Å²) in [5, 5.41) is 3.34. The van der Waals surface area contributed by atoms with E-state index in [2.05, 4.69) is 5.32 Å². The van der Waals surface area contributed by atoms with Crippen molar-refractivity contribution in [3.63, 3.8) is 0 Å². The maximum Gasteiger partial charge on any atom is 0.242 e. The van der Waals surface area contributed by atoms with Crippen LogP contribution >= 0.6 is 11.6 Å². The highest BCUT2D eigenvalue weighted by molar-refractivity contribution is 7.92. The molecule has 7 nitrogen and oxygen atoms in total. The molecule has 0 aliphatic heterocycles. The van der Waals surface area contributed by atoms with Crippen molar-refractivity contribution in [2.75, 3.05) is 17.1 Å². The summed E-state index contributed by atoms with van der Waals surface area (Å²) >= 11 is 6.20. The normalized spacial score (nSPS) is 12.3. The van der Waals surface area contributed by atoms with Gasteiger partial charge in [-0.1, -0.05) is 47.5 Å². The standard InChI is InChI=1S/C26H36ClN3O4S/c1-18(2)28-26(32)21(5)29(17-22-14-12-19(3)13-15-22)25(31)11-8-16-30(35(6,33)34)24-10-7-9-23(27)20(24)4/h7,9-10,12-15,18,21H,8,11,16-17H2,1-6H3,(H,28,32)/t21-/m1/s1. The minimum Gasteiger partial charge on any atom is -0.352 e. The van der Waals surface area contributed by atoms with Crippen molar-refractivity contribution in [1.29, 1.82) is 0 Å². The van der Waals surface area contributed by atoms with Gasteiger partial charge in [-0.3, -0.25) is 13.9 Å². The number of nitrogens with one attached hydrogen (secondary N) is 1. The van der Waals surface area contributed by atoms with E-state index in [1.807, 2.05) is 45.0 Å². The first-order valence-corrected chi connectivity index (χ1v) is 13.9. The van der Waals surface area contributed by atoms with E-state index in [1.165, 1.54) is 4.31 Å². The summed E-state index contributed by atoms with van der Waals surface area (Å²) in [6.45, 7) is 9.61. The third kappa shape index (κ3) is 8.25. The van der Waals surface area contributed by atoms with Crippen LogP contribution in [-0.4, -0.2) is 50.0 Å². The molecule has 0 saturated heterocycles. The van der Waals surface area contributed by atoms with Crippen molar-refractivity contribution in [2.24, 2.45) is 0 Å². The monoisotopic (exact) mass is 521 g/mol. The zero-order valence-corrected chi connectivity index (χ0v) is 22.9. The van der Waals surface area contributed by atoms with Gasteiger partial charge in [0, 0.05) is 30.6 Å². The number of anilines is 1. The van der Waals surface area contributed by atoms with Gasteiger partial charge in [0.1, 0.15) is 6.04 Å². The second kappa shape index (κ2) is 12.4. The Morgan fingerprint density at radius 1 is 1.03 bits per heavy atom. The largest absolute Gasteiger partial charge is 0.352 e. The number of nitrogens with zero attached hydrogens (tertiary/aromatic N) is 2. The summed E-state index contributed by atoms with van der Waals surface area (Å²) in [7, 11) is -3.59. The molecule has 2 aromatic rings. The van der Waals surface area contributed by atoms with Crippen molar-refractivity contribution >= 4 is 39.1 Å². The van der Waals surface area contributed by atoms with Gasteiger partial charge in [0.15, 0.2) is 0 Å². The SMILES string of the molecule is Cc1ccc(CN(C(=O)CCCN(c2cccc(Cl)c2C)S(C)(=O)=O)[C@H](C)C(=O)NC(C)C)cc1. The van der Waals surface area contributed by atoms with Gasteiger partial charge < -0.3 is 10.2 Å². The molecule has 0 heterocycles. The number of carbonyl (C=O) groups excluding carboxylic acids is 2. The number of halogens is 1. The number of amides is 2. The second-order valence-corrected chi connectivity index (χ2v) is 11.5. The number of hydrogen-bond donors (Lipinski definition) is 1. The fourth-order valence-corrected chi connectivity index (χ4v) is 4.91. The van der Waals surface area contributed by atoms with Crippen molar-refractivity contribution in [3.8, 4) is 0 Å². The van der Waals surface area contributed by atoms with Gasteiger partial charge in [-0.25, -0.2) is 8.42 Å². The summed E-state index contributed by atoms with van der Waals surface area (Å²) in [6, 6.07) is 12.2. The molecule has 0 unspecified atom stereocenters. The number of rotatable bonds is 11. The quantitative estimate of drug-likeness (QED) is 0.473. The maximum atomic E-state index is 13.3. The first kappa shape index (κ1) is 28.7. The van der Waals surface area contributed by atoms with Crippen LogP contribution in [0.2, 0.25) is 5.02 Å². The maximum absolute atomic E-state index is 13.3. The molecule has 0 saturated carbocycles. The number of benzene rings is 2. The molecule has 0 fully saturated rings. The lowest BCUT2D eigenvalue weighted by Crippen LogP contribution is -2.49. The molecule has 0 spiro atoms. The highest BCUT2D eigenvalue weighted by Crippen LogP contribution is 2.28. The number of hydrogen-bond acceptors (Lipinski definition) is 4. The van der Waals surface area contributed by atoms with Crippen molar-refractivity contribution in [3.05, 3.63) is 64.2 Å².